The van der Waals surface area contributed by atoms with Crippen molar-refractivity contribution in [1.29, 1.82) is 0 Å². The van der Waals surface area contributed by atoms with Gasteiger partial charge in [-0.15, -0.1) is 0 Å². The maximum Gasteiger partial charge on any atom is 0.328 e. The molecule has 1 heterocycles. The highest BCUT2D eigenvalue weighted by molar-refractivity contribution is 9.10. The van der Waals surface area contributed by atoms with E-state index in [2.05, 4.69) is 36.2 Å². The Kier molecular flexibility index (Phi) is 4.33. The van der Waals surface area contributed by atoms with Gasteiger partial charge in [0.05, 0.1) is 4.47 Å². The number of nitrogens with one attached hydrogen (secondary N) is 1. The van der Waals surface area contributed by atoms with Gasteiger partial charge in [-0.2, -0.15) is 15.0 Å². The van der Waals surface area contributed by atoms with Crippen molar-refractivity contribution in [3.05, 3.63) is 28.5 Å². The van der Waals surface area contributed by atoms with Gasteiger partial charge in [0.2, 0.25) is 11.9 Å². The van der Waals surface area contributed by atoms with E-state index in [-0.39, 0.29) is 6.01 Å². The molecular weight excluding hydrogens is 329 g/mol. The fraction of sp³-hybridized carbons (Fsp3) is 0.250. The Balaban J connectivity index is 2.37. The SMILES string of the molecule is CNc1nc(Oc2cc(F)ccc2Br)nc(N(C)C)n1. The summed E-state index contributed by atoms with van der Waals surface area (Å²) in [5.74, 6) is 0.694. The zero-order valence-electron chi connectivity index (χ0n) is 11.2. The smallest absolute Gasteiger partial charge is 0.328 e. The Morgan fingerprint density at radius 2 is 2.00 bits per heavy atom. The number of benzene rings is 1. The standard InChI is InChI=1S/C12H13BrFN5O/c1-15-10-16-11(19(2)3)18-12(17-10)20-9-6-7(14)4-5-8(9)13/h4-6H,1-3H3,(H,15,16,17,18). The van der Waals surface area contributed by atoms with Crippen LogP contribution in [0.4, 0.5) is 16.3 Å². The minimum atomic E-state index is -0.404. The molecule has 0 fully saturated rings. The summed E-state index contributed by atoms with van der Waals surface area (Å²) in [6.45, 7) is 0. The summed E-state index contributed by atoms with van der Waals surface area (Å²) in [6, 6.07) is 4.22. The van der Waals surface area contributed by atoms with E-state index >= 15 is 0 Å². The first kappa shape index (κ1) is 14.4. The molecule has 1 N–H and O–H groups in total. The summed E-state index contributed by atoms with van der Waals surface area (Å²) in [5.41, 5.74) is 0. The highest BCUT2D eigenvalue weighted by Crippen LogP contribution is 2.29. The number of hydrogen-bond acceptors (Lipinski definition) is 6. The van der Waals surface area contributed by atoms with Crippen molar-refractivity contribution in [2.75, 3.05) is 31.4 Å². The second-order valence-corrected chi connectivity index (χ2v) is 4.92. The lowest BCUT2D eigenvalue weighted by Crippen LogP contribution is -2.15. The Morgan fingerprint density at radius 3 is 2.65 bits per heavy atom. The first-order chi connectivity index (χ1) is 9.49. The van der Waals surface area contributed by atoms with Gasteiger partial charge in [-0.05, 0) is 28.1 Å². The van der Waals surface area contributed by atoms with E-state index in [1.54, 1.807) is 32.1 Å². The maximum absolute atomic E-state index is 13.2. The summed E-state index contributed by atoms with van der Waals surface area (Å²) in [6.07, 6.45) is 0. The van der Waals surface area contributed by atoms with Gasteiger partial charge < -0.3 is 15.0 Å². The molecule has 0 bridgehead atoms. The van der Waals surface area contributed by atoms with Gasteiger partial charge in [0.15, 0.2) is 0 Å². The van der Waals surface area contributed by atoms with E-state index in [9.17, 15) is 4.39 Å². The van der Waals surface area contributed by atoms with Crippen LogP contribution in [-0.2, 0) is 0 Å². The van der Waals surface area contributed by atoms with Gasteiger partial charge >= 0.3 is 6.01 Å². The number of aromatic nitrogens is 3. The largest absolute Gasteiger partial charge is 0.423 e. The number of rotatable bonds is 4. The third-order valence-corrected chi connectivity index (χ3v) is 2.98. The van der Waals surface area contributed by atoms with Gasteiger partial charge in [-0.25, -0.2) is 4.39 Å². The van der Waals surface area contributed by atoms with Crippen LogP contribution in [-0.4, -0.2) is 36.1 Å². The molecule has 8 heteroatoms. The molecule has 6 nitrogen and oxygen atoms in total. The second-order valence-electron chi connectivity index (χ2n) is 4.06. The molecule has 106 valence electrons. The Hall–Kier alpha value is -1.96. The number of ether oxygens (including phenoxy) is 1. The maximum atomic E-state index is 13.2. The predicted octanol–water partition coefficient (Wildman–Crippen LogP) is 2.67. The molecule has 0 aliphatic rings. The Morgan fingerprint density at radius 1 is 1.25 bits per heavy atom. The molecule has 0 spiro atoms. The third kappa shape index (κ3) is 3.32. The lowest BCUT2D eigenvalue weighted by atomic mass is 10.3. The molecule has 0 amide bonds. The third-order valence-electron chi connectivity index (χ3n) is 2.32. The molecule has 0 radical (unpaired) electrons. The Labute approximate surface area is 124 Å². The van der Waals surface area contributed by atoms with Crippen LogP contribution in [0, 0.1) is 5.82 Å². The normalized spacial score (nSPS) is 10.2. The highest BCUT2D eigenvalue weighted by Gasteiger charge is 2.11. The molecule has 2 rings (SSSR count). The van der Waals surface area contributed by atoms with Gasteiger partial charge in [0.1, 0.15) is 11.6 Å². The monoisotopic (exact) mass is 341 g/mol. The molecule has 1 aromatic heterocycles. The molecule has 2 aromatic rings. The van der Waals surface area contributed by atoms with E-state index in [0.717, 1.165) is 0 Å². The highest BCUT2D eigenvalue weighted by atomic mass is 79.9. The summed E-state index contributed by atoms with van der Waals surface area (Å²) >= 11 is 3.28. The molecule has 0 atom stereocenters. The molecule has 1 aromatic carbocycles. The number of anilines is 2. The van der Waals surface area contributed by atoms with Crippen molar-refractivity contribution in [2.45, 2.75) is 0 Å². The van der Waals surface area contributed by atoms with Crippen LogP contribution in [0.15, 0.2) is 22.7 Å². The average Bonchev–Trinajstić information content (AvgIpc) is 2.42. The fourth-order valence-corrected chi connectivity index (χ4v) is 1.68. The molecule has 0 saturated heterocycles. The van der Waals surface area contributed by atoms with E-state index in [1.165, 1.54) is 12.1 Å². The number of halogens is 2. The van der Waals surface area contributed by atoms with Crippen LogP contribution in [0.5, 0.6) is 11.8 Å². The van der Waals surface area contributed by atoms with Crippen molar-refractivity contribution in [2.24, 2.45) is 0 Å². The van der Waals surface area contributed by atoms with Crippen molar-refractivity contribution in [3.8, 4) is 11.8 Å². The van der Waals surface area contributed by atoms with Crippen LogP contribution in [0.3, 0.4) is 0 Å². The summed E-state index contributed by atoms with van der Waals surface area (Å²) in [4.78, 5) is 14.1. The predicted molar refractivity (Wildman–Crippen MR) is 77.9 cm³/mol. The van der Waals surface area contributed by atoms with Crippen molar-refractivity contribution < 1.29 is 9.13 Å². The van der Waals surface area contributed by atoms with Crippen LogP contribution >= 0.6 is 15.9 Å². The lowest BCUT2D eigenvalue weighted by molar-refractivity contribution is 0.434. The first-order valence-corrected chi connectivity index (χ1v) is 6.53. The molecule has 0 saturated carbocycles. The topological polar surface area (TPSA) is 63.2 Å². The second kappa shape index (κ2) is 6.00. The quantitative estimate of drug-likeness (QED) is 0.922. The number of nitrogens with zero attached hydrogens (tertiary/aromatic N) is 4. The van der Waals surface area contributed by atoms with Gasteiger partial charge in [-0.1, -0.05) is 0 Å². The zero-order chi connectivity index (χ0) is 14.7. The van der Waals surface area contributed by atoms with E-state index in [0.29, 0.717) is 22.1 Å². The molecular formula is C12H13BrFN5O. The fourth-order valence-electron chi connectivity index (χ4n) is 1.36. The Bertz CT molecular complexity index is 623. The zero-order valence-corrected chi connectivity index (χ0v) is 12.8. The first-order valence-electron chi connectivity index (χ1n) is 5.73. The van der Waals surface area contributed by atoms with Gasteiger partial charge in [0, 0.05) is 27.2 Å². The van der Waals surface area contributed by atoms with Crippen LogP contribution in [0.2, 0.25) is 0 Å². The minimum absolute atomic E-state index is 0.0827. The van der Waals surface area contributed by atoms with Crippen molar-refractivity contribution >= 4 is 27.8 Å². The molecule has 0 unspecified atom stereocenters. The lowest BCUT2D eigenvalue weighted by Gasteiger charge is -2.13. The van der Waals surface area contributed by atoms with E-state index in [1.807, 2.05) is 0 Å². The number of hydrogen-bond donors (Lipinski definition) is 1. The average molecular weight is 342 g/mol. The summed E-state index contributed by atoms with van der Waals surface area (Å²) in [5, 5.41) is 2.82. The molecule has 20 heavy (non-hydrogen) atoms. The van der Waals surface area contributed by atoms with Gasteiger partial charge in [-0.3, -0.25) is 0 Å². The molecule has 0 aliphatic carbocycles. The van der Waals surface area contributed by atoms with E-state index < -0.39 is 5.82 Å². The van der Waals surface area contributed by atoms with E-state index in [4.69, 9.17) is 4.74 Å². The molecule has 0 aliphatic heterocycles. The van der Waals surface area contributed by atoms with Crippen LogP contribution in [0.1, 0.15) is 0 Å². The van der Waals surface area contributed by atoms with Crippen molar-refractivity contribution in [3.63, 3.8) is 0 Å². The minimum Gasteiger partial charge on any atom is -0.423 e. The summed E-state index contributed by atoms with van der Waals surface area (Å²) in [7, 11) is 5.30. The van der Waals surface area contributed by atoms with Gasteiger partial charge in [0.25, 0.3) is 0 Å². The summed E-state index contributed by atoms with van der Waals surface area (Å²) < 4.78 is 19.3. The van der Waals surface area contributed by atoms with Crippen molar-refractivity contribution in [1.82, 2.24) is 15.0 Å². The van der Waals surface area contributed by atoms with Crippen LogP contribution < -0.4 is 15.0 Å². The van der Waals surface area contributed by atoms with Crippen LogP contribution in [0.25, 0.3) is 0 Å².